The summed E-state index contributed by atoms with van der Waals surface area (Å²) in [7, 11) is 1.69. The number of hydrogen-bond donors (Lipinski definition) is 0. The summed E-state index contributed by atoms with van der Waals surface area (Å²) in [5, 5.41) is 2.37. The van der Waals surface area contributed by atoms with Gasteiger partial charge in [0.2, 0.25) is 0 Å². The second-order valence-corrected chi connectivity index (χ2v) is 4.41. The van der Waals surface area contributed by atoms with Crippen molar-refractivity contribution in [3.63, 3.8) is 0 Å². The minimum absolute atomic E-state index is 0.236. The van der Waals surface area contributed by atoms with Crippen LogP contribution >= 0.6 is 0 Å². The molecule has 0 bridgehead atoms. The number of fused-ring (bicyclic) bond motifs is 1. The third-order valence-corrected chi connectivity index (χ3v) is 3.17. The zero-order valence-corrected chi connectivity index (χ0v) is 12.1. The van der Waals surface area contributed by atoms with Gasteiger partial charge in [0.15, 0.2) is 6.20 Å². The highest BCUT2D eigenvalue weighted by Crippen LogP contribution is 2.23. The van der Waals surface area contributed by atoms with E-state index in [1.54, 1.807) is 19.3 Å². The molecule has 0 spiro atoms. The molecule has 0 aliphatic rings. The van der Waals surface area contributed by atoms with Gasteiger partial charge in [0.1, 0.15) is 7.05 Å². The Morgan fingerprint density at radius 1 is 0.800 bits per heavy atom. The van der Waals surface area contributed by atoms with Crippen LogP contribution < -0.4 is 4.57 Å². The molecule has 0 N–H and O–H groups in total. The van der Waals surface area contributed by atoms with Crippen molar-refractivity contribution in [3.05, 3.63) is 66.7 Å². The van der Waals surface area contributed by atoms with Gasteiger partial charge in [0, 0.05) is 12.1 Å². The lowest BCUT2D eigenvalue weighted by atomic mass is 10.0. The molecule has 102 valence electrons. The van der Waals surface area contributed by atoms with Gasteiger partial charge >= 0.3 is 5.95 Å². The third-order valence-electron chi connectivity index (χ3n) is 3.17. The average Bonchev–Trinajstić information content (AvgIpc) is 2.51. The maximum absolute atomic E-state index is 13.5. The number of benzene rings is 2. The summed E-state index contributed by atoms with van der Waals surface area (Å²) in [6.45, 7) is 4.00. The summed E-state index contributed by atoms with van der Waals surface area (Å²) in [6.07, 6.45) is 1.74. The van der Waals surface area contributed by atoms with Crippen molar-refractivity contribution in [1.29, 1.82) is 0 Å². The first kappa shape index (κ1) is 14.2. The van der Waals surface area contributed by atoms with Crippen molar-refractivity contribution in [2.24, 2.45) is 7.05 Å². The Morgan fingerprint density at radius 3 is 2.15 bits per heavy atom. The monoisotopic (exact) mass is 268 g/mol. The Balaban J connectivity index is 0.000000704. The minimum atomic E-state index is -0.236. The van der Waals surface area contributed by atoms with Gasteiger partial charge in [0.05, 0.1) is 0 Å². The number of aryl methyl sites for hydroxylation is 1. The van der Waals surface area contributed by atoms with Gasteiger partial charge in [-0.05, 0) is 28.0 Å². The molecule has 2 heteroatoms. The molecule has 0 aliphatic heterocycles. The molecule has 1 nitrogen and oxygen atoms in total. The standard InChI is InChI=1S/C16H13FN.C2H6/c1-18-9-8-15(11-16(18)17)14-7-6-12-4-2-3-5-13(12)10-14;1-2/h2-11H,1H3;1-2H3/q+1;. The molecular weight excluding hydrogens is 249 g/mol. The summed E-state index contributed by atoms with van der Waals surface area (Å²) < 4.78 is 15.0. The summed E-state index contributed by atoms with van der Waals surface area (Å²) in [4.78, 5) is 0. The van der Waals surface area contributed by atoms with Crippen LogP contribution in [0.4, 0.5) is 4.39 Å². The Hall–Kier alpha value is -2.22. The molecule has 20 heavy (non-hydrogen) atoms. The molecule has 0 saturated heterocycles. The predicted octanol–water partition coefficient (Wildman–Crippen LogP) is 4.50. The highest BCUT2D eigenvalue weighted by molar-refractivity contribution is 5.87. The number of nitrogens with zero attached hydrogens (tertiary/aromatic N) is 1. The normalized spacial score (nSPS) is 10.0. The largest absolute Gasteiger partial charge is 0.359 e. The first-order valence-electron chi connectivity index (χ1n) is 6.88. The van der Waals surface area contributed by atoms with Crippen LogP contribution in [0.1, 0.15) is 13.8 Å². The van der Waals surface area contributed by atoms with E-state index < -0.39 is 0 Å². The molecule has 0 radical (unpaired) electrons. The molecule has 0 aliphatic carbocycles. The lowest BCUT2D eigenvalue weighted by Gasteiger charge is -2.03. The zero-order valence-electron chi connectivity index (χ0n) is 12.1. The Morgan fingerprint density at radius 2 is 1.45 bits per heavy atom. The van der Waals surface area contributed by atoms with Gasteiger partial charge in [-0.2, -0.15) is 4.57 Å². The first-order valence-corrected chi connectivity index (χ1v) is 6.88. The smallest absolute Gasteiger partial charge is 0.176 e. The van der Waals surface area contributed by atoms with Crippen molar-refractivity contribution in [3.8, 4) is 11.1 Å². The molecule has 3 rings (SSSR count). The van der Waals surface area contributed by atoms with Crippen molar-refractivity contribution in [2.45, 2.75) is 13.8 Å². The Bertz CT molecular complexity index is 719. The summed E-state index contributed by atoms with van der Waals surface area (Å²) >= 11 is 0. The Labute approximate surface area is 119 Å². The number of hydrogen-bond acceptors (Lipinski definition) is 0. The molecule has 2 aromatic carbocycles. The van der Waals surface area contributed by atoms with Crippen molar-refractivity contribution in [1.82, 2.24) is 0 Å². The van der Waals surface area contributed by atoms with Crippen molar-refractivity contribution in [2.75, 3.05) is 0 Å². The minimum Gasteiger partial charge on any atom is -0.176 e. The average molecular weight is 268 g/mol. The van der Waals surface area contributed by atoms with E-state index in [4.69, 9.17) is 0 Å². The molecule has 1 aromatic heterocycles. The van der Waals surface area contributed by atoms with Crippen LogP contribution in [0.5, 0.6) is 0 Å². The summed E-state index contributed by atoms with van der Waals surface area (Å²) in [6, 6.07) is 17.8. The molecular formula is C18H19FN+. The number of pyridine rings is 1. The molecule has 0 amide bonds. The van der Waals surface area contributed by atoms with Crippen LogP contribution in [0.15, 0.2) is 60.8 Å². The maximum Gasteiger partial charge on any atom is 0.359 e. The van der Waals surface area contributed by atoms with Crippen LogP contribution in [-0.2, 0) is 7.05 Å². The van der Waals surface area contributed by atoms with E-state index in [0.717, 1.165) is 11.1 Å². The second kappa shape index (κ2) is 6.29. The topological polar surface area (TPSA) is 3.88 Å². The lowest BCUT2D eigenvalue weighted by molar-refractivity contribution is -0.700. The summed E-state index contributed by atoms with van der Waals surface area (Å²) in [5.74, 6) is -0.236. The van der Waals surface area contributed by atoms with Gasteiger partial charge in [-0.3, -0.25) is 0 Å². The number of rotatable bonds is 1. The predicted molar refractivity (Wildman–Crippen MR) is 81.9 cm³/mol. The SMILES string of the molecule is CC.C[n+]1ccc(-c2ccc3ccccc3c2)cc1F. The molecule has 0 atom stereocenters. The summed E-state index contributed by atoms with van der Waals surface area (Å²) in [5.41, 5.74) is 1.93. The maximum atomic E-state index is 13.5. The van der Waals surface area contributed by atoms with Crippen LogP contribution in [0.25, 0.3) is 21.9 Å². The van der Waals surface area contributed by atoms with E-state index in [1.807, 2.05) is 38.1 Å². The van der Waals surface area contributed by atoms with Gasteiger partial charge in [0.25, 0.3) is 0 Å². The van der Waals surface area contributed by atoms with E-state index >= 15 is 0 Å². The molecule has 1 heterocycles. The van der Waals surface area contributed by atoms with Gasteiger partial charge in [-0.1, -0.05) is 50.2 Å². The van der Waals surface area contributed by atoms with Crippen LogP contribution in [-0.4, -0.2) is 0 Å². The zero-order chi connectivity index (χ0) is 14.5. The van der Waals surface area contributed by atoms with Crippen LogP contribution in [0.3, 0.4) is 0 Å². The van der Waals surface area contributed by atoms with E-state index in [1.165, 1.54) is 15.3 Å². The highest BCUT2D eigenvalue weighted by atomic mass is 19.1. The number of halogens is 1. The highest BCUT2D eigenvalue weighted by Gasteiger charge is 2.07. The van der Waals surface area contributed by atoms with Crippen LogP contribution in [0.2, 0.25) is 0 Å². The van der Waals surface area contributed by atoms with Crippen LogP contribution in [0, 0.1) is 5.95 Å². The molecule has 3 aromatic rings. The van der Waals surface area contributed by atoms with Crippen molar-refractivity contribution < 1.29 is 8.96 Å². The second-order valence-electron chi connectivity index (χ2n) is 4.41. The molecule has 0 saturated carbocycles. The number of aromatic nitrogens is 1. The quantitative estimate of drug-likeness (QED) is 0.452. The van der Waals surface area contributed by atoms with E-state index in [9.17, 15) is 4.39 Å². The van der Waals surface area contributed by atoms with Gasteiger partial charge < -0.3 is 0 Å². The lowest BCUT2D eigenvalue weighted by Crippen LogP contribution is -2.31. The fourth-order valence-corrected chi connectivity index (χ4v) is 2.09. The first-order chi connectivity index (χ1) is 9.74. The van der Waals surface area contributed by atoms with E-state index in [-0.39, 0.29) is 5.95 Å². The van der Waals surface area contributed by atoms with Gasteiger partial charge in [-0.15, -0.1) is 4.39 Å². The van der Waals surface area contributed by atoms with E-state index in [2.05, 4.69) is 24.3 Å². The van der Waals surface area contributed by atoms with Gasteiger partial charge in [-0.25, -0.2) is 0 Å². The molecule has 0 fully saturated rings. The van der Waals surface area contributed by atoms with E-state index in [0.29, 0.717) is 0 Å². The molecule has 0 unspecified atom stereocenters. The fraction of sp³-hybridized carbons (Fsp3) is 0.167. The Kier molecular flexibility index (Phi) is 4.46. The van der Waals surface area contributed by atoms with Crippen molar-refractivity contribution >= 4 is 10.8 Å². The third kappa shape index (κ3) is 2.85. The fourth-order valence-electron chi connectivity index (χ4n) is 2.09.